The van der Waals surface area contributed by atoms with Gasteiger partial charge < -0.3 is 16.4 Å². The Balaban J connectivity index is 2.82. The van der Waals surface area contributed by atoms with Crippen LogP contribution >= 0.6 is 0 Å². The molecule has 0 aromatic carbocycles. The van der Waals surface area contributed by atoms with Crippen LogP contribution in [0.25, 0.3) is 0 Å². The second-order valence-electron chi connectivity index (χ2n) is 1.39. The van der Waals surface area contributed by atoms with E-state index in [0.29, 0.717) is 19.5 Å². The largest absolute Gasteiger partial charge is 0.403 e. The van der Waals surface area contributed by atoms with Crippen molar-refractivity contribution in [3.63, 3.8) is 0 Å². The second kappa shape index (κ2) is 6.81. The van der Waals surface area contributed by atoms with Gasteiger partial charge in [0.15, 0.2) is 0 Å². The van der Waals surface area contributed by atoms with Crippen LogP contribution in [-0.2, 0) is 4.79 Å². The number of hydrogen-bond donors (Lipinski definition) is 3. The van der Waals surface area contributed by atoms with E-state index in [1.807, 2.05) is 0 Å². The third-order valence-corrected chi connectivity index (χ3v) is 0.711. The van der Waals surface area contributed by atoms with Gasteiger partial charge in [0, 0.05) is 25.5 Å². The molecule has 0 saturated carbocycles. The maximum atomic E-state index is 9.66. The normalized spacial score (nSPS) is 9.33. The average molecular weight is 129 g/mol. The van der Waals surface area contributed by atoms with Crippen LogP contribution in [0.4, 0.5) is 0 Å². The van der Waals surface area contributed by atoms with Crippen LogP contribution in [0.5, 0.6) is 0 Å². The van der Waals surface area contributed by atoms with Crippen molar-refractivity contribution >= 4 is 6.41 Å². The number of rotatable bonds is 5. The highest BCUT2D eigenvalue weighted by molar-refractivity contribution is 5.45. The minimum atomic E-state index is 0.619. The van der Waals surface area contributed by atoms with Crippen molar-refractivity contribution in [1.29, 1.82) is 0 Å². The summed E-state index contributed by atoms with van der Waals surface area (Å²) < 4.78 is 0. The van der Waals surface area contributed by atoms with Gasteiger partial charge in [-0.3, -0.25) is 4.79 Å². The topological polar surface area (TPSA) is 67.2 Å². The van der Waals surface area contributed by atoms with Crippen molar-refractivity contribution in [3.8, 4) is 0 Å². The lowest BCUT2D eigenvalue weighted by Crippen LogP contribution is -2.23. The third kappa shape index (κ3) is 6.81. The zero-order valence-corrected chi connectivity index (χ0v) is 5.13. The smallest absolute Gasteiger partial charge is 0.207 e. The highest BCUT2D eigenvalue weighted by Crippen LogP contribution is 1.56. The van der Waals surface area contributed by atoms with Crippen LogP contribution in [0.15, 0.2) is 12.4 Å². The quantitative estimate of drug-likeness (QED) is 0.321. The van der Waals surface area contributed by atoms with Crippen LogP contribution in [0.1, 0.15) is 0 Å². The molecule has 9 heavy (non-hydrogen) atoms. The molecule has 0 radical (unpaired) electrons. The van der Waals surface area contributed by atoms with Gasteiger partial charge in [-0.25, -0.2) is 0 Å². The SMILES string of the molecule is N/C=C\NCCNC=O. The van der Waals surface area contributed by atoms with E-state index in [0.717, 1.165) is 0 Å². The van der Waals surface area contributed by atoms with Crippen molar-refractivity contribution in [2.75, 3.05) is 13.1 Å². The van der Waals surface area contributed by atoms with Crippen LogP contribution in [0, 0.1) is 0 Å². The summed E-state index contributed by atoms with van der Waals surface area (Å²) in [6, 6.07) is 0. The molecule has 0 aliphatic rings. The Morgan fingerprint density at radius 3 is 2.56 bits per heavy atom. The number of nitrogens with two attached hydrogens (primary N) is 1. The van der Waals surface area contributed by atoms with Crippen molar-refractivity contribution < 1.29 is 4.79 Å². The van der Waals surface area contributed by atoms with E-state index in [-0.39, 0.29) is 0 Å². The van der Waals surface area contributed by atoms with Crippen molar-refractivity contribution in [2.45, 2.75) is 0 Å². The van der Waals surface area contributed by atoms with Gasteiger partial charge in [-0.2, -0.15) is 0 Å². The lowest BCUT2D eigenvalue weighted by molar-refractivity contribution is -0.109. The van der Waals surface area contributed by atoms with Gasteiger partial charge in [-0.1, -0.05) is 0 Å². The minimum absolute atomic E-state index is 0.619. The number of carbonyl (C=O) groups is 1. The Morgan fingerprint density at radius 2 is 2.00 bits per heavy atom. The molecule has 0 bridgehead atoms. The number of nitrogens with one attached hydrogen (secondary N) is 2. The number of amides is 1. The Morgan fingerprint density at radius 1 is 1.33 bits per heavy atom. The summed E-state index contributed by atoms with van der Waals surface area (Å²) in [6.45, 7) is 1.32. The molecule has 0 atom stereocenters. The molecule has 0 aliphatic carbocycles. The molecule has 0 spiro atoms. The van der Waals surface area contributed by atoms with Gasteiger partial charge in [0.25, 0.3) is 0 Å². The molecule has 0 aliphatic heterocycles. The second-order valence-corrected chi connectivity index (χ2v) is 1.39. The van der Waals surface area contributed by atoms with Crippen molar-refractivity contribution in [3.05, 3.63) is 12.4 Å². The van der Waals surface area contributed by atoms with E-state index in [1.54, 1.807) is 6.20 Å². The molecule has 1 amide bonds. The van der Waals surface area contributed by atoms with E-state index in [2.05, 4.69) is 10.6 Å². The molecule has 4 heteroatoms. The molecule has 4 N–H and O–H groups in total. The fourth-order valence-corrected chi connectivity index (χ4v) is 0.355. The first-order valence-corrected chi connectivity index (χ1v) is 2.69. The van der Waals surface area contributed by atoms with Gasteiger partial charge in [0.2, 0.25) is 6.41 Å². The molecule has 4 nitrogen and oxygen atoms in total. The van der Waals surface area contributed by atoms with E-state index >= 15 is 0 Å². The molecule has 0 rings (SSSR count). The number of carbonyl (C=O) groups excluding carboxylic acids is 1. The van der Waals surface area contributed by atoms with Gasteiger partial charge >= 0.3 is 0 Å². The molecule has 0 aromatic heterocycles. The summed E-state index contributed by atoms with van der Waals surface area (Å²) in [5, 5.41) is 5.33. The first-order valence-electron chi connectivity index (χ1n) is 2.69. The Labute approximate surface area is 54.1 Å². The first kappa shape index (κ1) is 7.81. The standard InChI is InChI=1S/C5H11N3O/c6-1-2-7-3-4-8-5-9/h1-2,5,7H,3-4,6H2,(H,8,9)/b2-1-. The maximum Gasteiger partial charge on any atom is 0.207 e. The Bertz CT molecular complexity index is 92.2. The average Bonchev–Trinajstić information content (AvgIpc) is 1.89. The molecule has 0 unspecified atom stereocenters. The predicted octanol–water partition coefficient (Wildman–Crippen LogP) is -1.25. The fourth-order valence-electron chi connectivity index (χ4n) is 0.355. The summed E-state index contributed by atoms with van der Waals surface area (Å²) in [6.07, 6.45) is 3.68. The Kier molecular flexibility index (Phi) is 5.91. The summed E-state index contributed by atoms with van der Waals surface area (Å²) in [5.41, 5.74) is 5.01. The van der Waals surface area contributed by atoms with Crippen molar-refractivity contribution in [1.82, 2.24) is 10.6 Å². The monoisotopic (exact) mass is 129 g/mol. The molecular formula is C5H11N3O. The van der Waals surface area contributed by atoms with Crippen molar-refractivity contribution in [2.24, 2.45) is 5.73 Å². The molecule has 0 saturated heterocycles. The summed E-state index contributed by atoms with van der Waals surface area (Å²) in [4.78, 5) is 9.66. The van der Waals surface area contributed by atoms with Crippen LogP contribution in [-0.4, -0.2) is 19.5 Å². The summed E-state index contributed by atoms with van der Waals surface area (Å²) in [5.74, 6) is 0. The Hall–Kier alpha value is -1.19. The van der Waals surface area contributed by atoms with E-state index in [9.17, 15) is 4.79 Å². The zero-order valence-electron chi connectivity index (χ0n) is 5.13. The van der Waals surface area contributed by atoms with Crippen LogP contribution in [0.2, 0.25) is 0 Å². The van der Waals surface area contributed by atoms with E-state index < -0.39 is 0 Å². The molecule has 0 fully saturated rings. The first-order chi connectivity index (χ1) is 4.41. The molecule has 52 valence electrons. The van der Waals surface area contributed by atoms with E-state index in [4.69, 9.17) is 5.73 Å². The summed E-state index contributed by atoms with van der Waals surface area (Å²) in [7, 11) is 0. The highest BCUT2D eigenvalue weighted by Gasteiger charge is 1.76. The predicted molar refractivity (Wildman–Crippen MR) is 35.4 cm³/mol. The highest BCUT2D eigenvalue weighted by atomic mass is 16.1. The van der Waals surface area contributed by atoms with Crippen LogP contribution < -0.4 is 16.4 Å². The third-order valence-electron chi connectivity index (χ3n) is 0.711. The van der Waals surface area contributed by atoms with Crippen LogP contribution in [0.3, 0.4) is 0 Å². The zero-order chi connectivity index (χ0) is 6.95. The van der Waals surface area contributed by atoms with Gasteiger partial charge in [0.05, 0.1) is 0 Å². The lowest BCUT2D eigenvalue weighted by atomic mass is 10.6. The summed E-state index contributed by atoms with van der Waals surface area (Å²) >= 11 is 0. The van der Waals surface area contributed by atoms with Gasteiger partial charge in [-0.05, 0) is 0 Å². The minimum Gasteiger partial charge on any atom is -0.403 e. The van der Waals surface area contributed by atoms with Gasteiger partial charge in [0.1, 0.15) is 0 Å². The lowest BCUT2D eigenvalue weighted by Gasteiger charge is -1.96. The maximum absolute atomic E-state index is 9.66. The number of hydrogen-bond acceptors (Lipinski definition) is 3. The molecule has 0 heterocycles. The molecule has 0 aromatic rings. The van der Waals surface area contributed by atoms with E-state index in [1.165, 1.54) is 6.20 Å². The van der Waals surface area contributed by atoms with Gasteiger partial charge in [-0.15, -0.1) is 0 Å². The molecular weight excluding hydrogens is 118 g/mol. The fraction of sp³-hybridized carbons (Fsp3) is 0.400.